The summed E-state index contributed by atoms with van der Waals surface area (Å²) in [5, 5.41) is 7.12. The molecule has 0 aromatic heterocycles. The van der Waals surface area contributed by atoms with E-state index in [9.17, 15) is 27.2 Å². The third kappa shape index (κ3) is 3.72. The Hall–Kier alpha value is -2.03. The monoisotopic (exact) mass is 393 g/mol. The van der Waals surface area contributed by atoms with Crippen molar-refractivity contribution in [2.24, 2.45) is 11.8 Å². The van der Waals surface area contributed by atoms with Gasteiger partial charge in [0, 0.05) is 6.54 Å². The molecule has 1 aliphatic heterocycles. The van der Waals surface area contributed by atoms with Crippen molar-refractivity contribution >= 4 is 23.5 Å². The van der Waals surface area contributed by atoms with E-state index in [0.29, 0.717) is 5.56 Å². The van der Waals surface area contributed by atoms with Crippen molar-refractivity contribution in [1.29, 1.82) is 0 Å². The Bertz CT molecular complexity index is 728. The van der Waals surface area contributed by atoms with E-state index in [2.05, 4.69) is 16.0 Å². The van der Waals surface area contributed by atoms with Crippen LogP contribution in [0.5, 0.6) is 0 Å². The minimum atomic E-state index is -4.39. The molecular weight excluding hydrogens is 378 g/mol. The Morgan fingerprint density at radius 3 is 2.54 bits per heavy atom. The third-order valence-corrected chi connectivity index (χ3v) is 5.16. The van der Waals surface area contributed by atoms with E-state index in [1.165, 1.54) is 12.1 Å². The first-order chi connectivity index (χ1) is 12.2. The fraction of sp³-hybridized carbons (Fsp3) is 0.500. The molecule has 1 aromatic carbocycles. The van der Waals surface area contributed by atoms with Gasteiger partial charge in [-0.05, 0) is 36.5 Å². The van der Waals surface area contributed by atoms with E-state index >= 15 is 0 Å². The molecule has 3 amide bonds. The van der Waals surface area contributed by atoms with Gasteiger partial charge in [0.2, 0.25) is 5.91 Å². The molecule has 5 nitrogen and oxygen atoms in total. The quantitative estimate of drug-likeness (QED) is 0.688. The zero-order chi connectivity index (χ0) is 19.1. The van der Waals surface area contributed by atoms with Crippen LogP contribution in [-0.2, 0) is 4.79 Å². The molecule has 0 bridgehead atoms. The maximum absolute atomic E-state index is 13.4. The molecular formula is C16H16ClF4N3O2. The molecule has 0 spiro atoms. The molecule has 0 unspecified atom stereocenters. The smallest absolute Gasteiger partial charge is 0.347 e. The van der Waals surface area contributed by atoms with Gasteiger partial charge in [-0.1, -0.05) is 17.7 Å². The topological polar surface area (TPSA) is 70.2 Å². The van der Waals surface area contributed by atoms with E-state index in [0.717, 1.165) is 6.07 Å². The van der Waals surface area contributed by atoms with Crippen molar-refractivity contribution in [3.05, 3.63) is 34.6 Å². The van der Waals surface area contributed by atoms with Crippen molar-refractivity contribution in [3.8, 4) is 0 Å². The number of hydrogen-bond acceptors (Lipinski definition) is 2. The predicted molar refractivity (Wildman–Crippen MR) is 84.9 cm³/mol. The molecule has 10 heteroatoms. The highest BCUT2D eigenvalue weighted by atomic mass is 35.5. The Morgan fingerprint density at radius 1 is 1.31 bits per heavy atom. The van der Waals surface area contributed by atoms with Crippen LogP contribution in [-0.4, -0.2) is 30.7 Å². The highest BCUT2D eigenvalue weighted by Crippen LogP contribution is 2.51. The molecule has 2 aliphatic rings. The summed E-state index contributed by atoms with van der Waals surface area (Å²) >= 11 is 5.76. The molecule has 1 saturated heterocycles. The first kappa shape index (κ1) is 18.8. The van der Waals surface area contributed by atoms with Crippen LogP contribution in [0.1, 0.15) is 24.4 Å². The van der Waals surface area contributed by atoms with Gasteiger partial charge in [-0.15, -0.1) is 0 Å². The second-order valence-corrected chi connectivity index (χ2v) is 6.86. The summed E-state index contributed by atoms with van der Waals surface area (Å²) in [7, 11) is 0. The van der Waals surface area contributed by atoms with Gasteiger partial charge in [-0.2, -0.15) is 13.2 Å². The van der Waals surface area contributed by atoms with Crippen LogP contribution in [0.15, 0.2) is 18.2 Å². The van der Waals surface area contributed by atoms with Crippen molar-refractivity contribution < 1.29 is 27.2 Å². The first-order valence-electron chi connectivity index (χ1n) is 8.03. The van der Waals surface area contributed by atoms with Gasteiger partial charge in [0.1, 0.15) is 11.9 Å². The summed E-state index contributed by atoms with van der Waals surface area (Å²) in [6.07, 6.45) is -4.16. The normalized spacial score (nSPS) is 26.5. The molecule has 26 heavy (non-hydrogen) atoms. The Balaban J connectivity index is 1.85. The summed E-state index contributed by atoms with van der Waals surface area (Å²) in [5.74, 6) is -3.76. The molecule has 1 heterocycles. The van der Waals surface area contributed by atoms with Gasteiger partial charge in [0.15, 0.2) is 0 Å². The highest BCUT2D eigenvalue weighted by molar-refractivity contribution is 6.30. The Kier molecular flexibility index (Phi) is 5.01. The number of carbonyl (C=O) groups excluding carboxylic acids is 2. The Labute approximate surface area is 151 Å². The summed E-state index contributed by atoms with van der Waals surface area (Å²) in [6.45, 7) is 0.0366. The summed E-state index contributed by atoms with van der Waals surface area (Å²) in [6, 6.07) is 1.19. The molecule has 4 atom stereocenters. The number of alkyl halides is 3. The number of carbonyl (C=O) groups is 2. The van der Waals surface area contributed by atoms with Crippen LogP contribution < -0.4 is 16.0 Å². The van der Waals surface area contributed by atoms with E-state index in [4.69, 9.17) is 11.6 Å². The highest BCUT2D eigenvalue weighted by Gasteiger charge is 2.53. The molecule has 3 rings (SSSR count). The van der Waals surface area contributed by atoms with Crippen LogP contribution in [0.25, 0.3) is 0 Å². The standard InChI is InChI=1S/C16H16ClF4N3O2/c17-10-5-7(1-4-11(10)18)13(8-2-3-9(8)16(19,20)21)24-14(25)12-6-22-15(26)23-12/h1,4-5,8-9,12-13H,2-3,6H2,(H,24,25)(H2,22,23,26)/t8-,9-,12+,13+/m1/s1. The van der Waals surface area contributed by atoms with E-state index in [1.54, 1.807) is 0 Å². The molecule has 1 aromatic rings. The zero-order valence-electron chi connectivity index (χ0n) is 13.4. The maximum Gasteiger partial charge on any atom is 0.392 e. The molecule has 1 saturated carbocycles. The van der Waals surface area contributed by atoms with E-state index in [1.807, 2.05) is 0 Å². The minimum absolute atomic E-state index is 0.0306. The average molecular weight is 394 g/mol. The molecule has 3 N–H and O–H groups in total. The van der Waals surface area contributed by atoms with Crippen LogP contribution in [0.3, 0.4) is 0 Å². The van der Waals surface area contributed by atoms with Crippen molar-refractivity contribution in [1.82, 2.24) is 16.0 Å². The van der Waals surface area contributed by atoms with E-state index < -0.39 is 47.9 Å². The van der Waals surface area contributed by atoms with Gasteiger partial charge in [0.25, 0.3) is 0 Å². The molecule has 0 radical (unpaired) electrons. The predicted octanol–water partition coefficient (Wildman–Crippen LogP) is 2.91. The van der Waals surface area contributed by atoms with E-state index in [-0.39, 0.29) is 24.4 Å². The van der Waals surface area contributed by atoms with Crippen LogP contribution in [0.2, 0.25) is 5.02 Å². The SMILES string of the molecule is O=C1NC[C@@H](C(=O)N[C@@H](c2ccc(F)c(Cl)c2)[C@@H]2CC[C@H]2C(F)(F)F)N1. The van der Waals surface area contributed by atoms with Gasteiger partial charge in [-0.25, -0.2) is 9.18 Å². The lowest BCUT2D eigenvalue weighted by Gasteiger charge is -2.43. The molecule has 142 valence electrons. The van der Waals surface area contributed by atoms with Crippen LogP contribution >= 0.6 is 11.6 Å². The van der Waals surface area contributed by atoms with Gasteiger partial charge in [0.05, 0.1) is 17.0 Å². The number of benzene rings is 1. The second-order valence-electron chi connectivity index (χ2n) is 6.46. The number of nitrogens with one attached hydrogen (secondary N) is 3. The molecule has 2 fully saturated rings. The average Bonchev–Trinajstić information content (AvgIpc) is 2.93. The number of rotatable bonds is 4. The second kappa shape index (κ2) is 6.94. The van der Waals surface area contributed by atoms with Crippen molar-refractivity contribution in [2.45, 2.75) is 31.1 Å². The molecule has 1 aliphatic carbocycles. The largest absolute Gasteiger partial charge is 0.392 e. The summed E-state index contributed by atoms with van der Waals surface area (Å²) in [4.78, 5) is 23.5. The first-order valence-corrected chi connectivity index (χ1v) is 8.41. The number of amides is 3. The number of halogens is 5. The summed E-state index contributed by atoms with van der Waals surface area (Å²) < 4.78 is 53.0. The van der Waals surface area contributed by atoms with Crippen LogP contribution in [0, 0.1) is 17.7 Å². The minimum Gasteiger partial charge on any atom is -0.347 e. The Morgan fingerprint density at radius 2 is 2.04 bits per heavy atom. The fourth-order valence-electron chi connectivity index (χ4n) is 3.34. The van der Waals surface area contributed by atoms with Crippen molar-refractivity contribution in [2.75, 3.05) is 6.54 Å². The number of hydrogen-bond donors (Lipinski definition) is 3. The van der Waals surface area contributed by atoms with Gasteiger partial charge in [-0.3, -0.25) is 4.79 Å². The summed E-state index contributed by atoms with van der Waals surface area (Å²) in [5.41, 5.74) is 0.293. The lowest BCUT2D eigenvalue weighted by Crippen LogP contribution is -2.50. The fourth-order valence-corrected chi connectivity index (χ4v) is 3.53. The lowest BCUT2D eigenvalue weighted by molar-refractivity contribution is -0.217. The van der Waals surface area contributed by atoms with Crippen molar-refractivity contribution in [3.63, 3.8) is 0 Å². The third-order valence-electron chi connectivity index (χ3n) is 4.87. The number of urea groups is 1. The zero-order valence-corrected chi connectivity index (χ0v) is 14.1. The van der Waals surface area contributed by atoms with Gasteiger partial charge >= 0.3 is 12.2 Å². The van der Waals surface area contributed by atoms with Crippen LogP contribution in [0.4, 0.5) is 22.4 Å². The maximum atomic E-state index is 13.4. The lowest BCUT2D eigenvalue weighted by atomic mass is 9.67. The van der Waals surface area contributed by atoms with Gasteiger partial charge < -0.3 is 16.0 Å².